The lowest BCUT2D eigenvalue weighted by molar-refractivity contribution is 0.573. The van der Waals surface area contributed by atoms with Crippen LogP contribution in [0, 0.1) is 18.6 Å². The number of hydrogen-bond donors (Lipinski definition) is 2. The molecule has 3 N–H and O–H groups in total. The average Bonchev–Trinajstić information content (AvgIpc) is 2.63. The topological polar surface area (TPSA) is 55.9 Å². The van der Waals surface area contributed by atoms with Gasteiger partial charge in [-0.05, 0) is 13.0 Å². The van der Waals surface area contributed by atoms with E-state index in [1.54, 1.807) is 18.7 Å². The number of halogens is 2. The lowest BCUT2D eigenvalue weighted by Crippen LogP contribution is -2.14. The van der Waals surface area contributed by atoms with E-state index in [2.05, 4.69) is 10.4 Å². The van der Waals surface area contributed by atoms with Gasteiger partial charge in [-0.2, -0.15) is 5.10 Å². The fourth-order valence-corrected chi connectivity index (χ4v) is 2.24. The maximum absolute atomic E-state index is 13.6. The highest BCUT2D eigenvalue weighted by atomic mass is 32.1. The molecule has 1 aromatic carbocycles. The predicted octanol–water partition coefficient (Wildman–Crippen LogP) is 2.25. The van der Waals surface area contributed by atoms with Crippen molar-refractivity contribution in [2.45, 2.75) is 13.5 Å². The van der Waals surface area contributed by atoms with E-state index in [1.807, 2.05) is 0 Å². The van der Waals surface area contributed by atoms with Gasteiger partial charge in [-0.3, -0.25) is 4.68 Å². The molecule has 0 aliphatic rings. The van der Waals surface area contributed by atoms with E-state index < -0.39 is 11.6 Å². The second-order valence-electron chi connectivity index (χ2n) is 4.39. The number of nitrogens with two attached hydrogens (primary N) is 1. The lowest BCUT2D eigenvalue weighted by atomic mass is 10.2. The lowest BCUT2D eigenvalue weighted by Gasteiger charge is -2.10. The van der Waals surface area contributed by atoms with Crippen LogP contribution in [0.3, 0.4) is 0 Å². The van der Waals surface area contributed by atoms with Crippen molar-refractivity contribution in [1.82, 2.24) is 9.78 Å². The molecule has 2 aromatic rings. The summed E-state index contributed by atoms with van der Waals surface area (Å²) in [4.78, 5) is 0.220. The average molecular weight is 296 g/mol. The van der Waals surface area contributed by atoms with Crippen LogP contribution in [0.2, 0.25) is 0 Å². The van der Waals surface area contributed by atoms with Crippen LogP contribution >= 0.6 is 12.2 Å². The number of nitrogens with one attached hydrogen (secondary N) is 1. The highest BCUT2D eigenvalue weighted by Gasteiger charge is 2.15. The minimum atomic E-state index is -0.605. The number of benzene rings is 1. The third-order valence-corrected chi connectivity index (χ3v) is 3.13. The minimum absolute atomic E-state index is 0.181. The number of rotatable bonds is 4. The van der Waals surface area contributed by atoms with Crippen molar-refractivity contribution in [3.05, 3.63) is 46.7 Å². The Hall–Kier alpha value is -2.02. The number of thiocarbonyl (C=S) groups is 1. The molecule has 20 heavy (non-hydrogen) atoms. The Bertz CT molecular complexity index is 667. The molecule has 0 amide bonds. The van der Waals surface area contributed by atoms with Gasteiger partial charge < -0.3 is 11.1 Å². The maximum atomic E-state index is 13.6. The molecule has 0 saturated carbocycles. The zero-order chi connectivity index (χ0) is 14.9. The van der Waals surface area contributed by atoms with E-state index in [0.29, 0.717) is 22.6 Å². The fourth-order valence-electron chi connectivity index (χ4n) is 2.00. The van der Waals surface area contributed by atoms with E-state index in [4.69, 9.17) is 18.0 Å². The summed E-state index contributed by atoms with van der Waals surface area (Å²) in [7, 11) is 1.73. The minimum Gasteiger partial charge on any atom is -0.389 e. The highest BCUT2D eigenvalue weighted by Crippen LogP contribution is 2.20. The Kier molecular flexibility index (Phi) is 3.99. The smallest absolute Gasteiger partial charge is 0.134 e. The van der Waals surface area contributed by atoms with E-state index in [-0.39, 0.29) is 11.5 Å². The van der Waals surface area contributed by atoms with Crippen molar-refractivity contribution >= 4 is 23.0 Å². The number of aromatic nitrogens is 2. The van der Waals surface area contributed by atoms with Gasteiger partial charge in [0.2, 0.25) is 0 Å². The van der Waals surface area contributed by atoms with Gasteiger partial charge >= 0.3 is 0 Å². The zero-order valence-corrected chi connectivity index (χ0v) is 11.9. The summed E-state index contributed by atoms with van der Waals surface area (Å²) in [6.07, 6.45) is 0. The van der Waals surface area contributed by atoms with Crippen LogP contribution in [-0.2, 0) is 13.6 Å². The molecule has 1 aromatic heterocycles. The summed E-state index contributed by atoms with van der Waals surface area (Å²) < 4.78 is 28.0. The van der Waals surface area contributed by atoms with Gasteiger partial charge in [-0.15, -0.1) is 0 Å². The van der Waals surface area contributed by atoms with E-state index >= 15 is 0 Å². The second-order valence-corrected chi connectivity index (χ2v) is 4.83. The molecule has 0 saturated heterocycles. The van der Waals surface area contributed by atoms with Gasteiger partial charge in [-0.25, -0.2) is 8.78 Å². The summed E-state index contributed by atoms with van der Waals surface area (Å²) in [5.74, 6) is -0.599. The van der Waals surface area contributed by atoms with Crippen LogP contribution in [0.1, 0.15) is 16.8 Å². The Balaban J connectivity index is 2.25. The highest BCUT2D eigenvalue weighted by molar-refractivity contribution is 7.80. The number of aryl methyl sites for hydroxylation is 2. The Morgan fingerprint density at radius 2 is 2.15 bits per heavy atom. The maximum Gasteiger partial charge on any atom is 0.134 e. The molecule has 1 heterocycles. The van der Waals surface area contributed by atoms with Crippen LogP contribution in [-0.4, -0.2) is 14.8 Å². The third-order valence-electron chi connectivity index (χ3n) is 2.93. The summed E-state index contributed by atoms with van der Waals surface area (Å²) in [5.41, 5.74) is 7.33. The molecule has 0 spiro atoms. The van der Waals surface area contributed by atoms with Crippen molar-refractivity contribution in [3.63, 3.8) is 0 Å². The fraction of sp³-hybridized carbons (Fsp3) is 0.231. The SMILES string of the molecule is Cc1nn(C)c(NCc2ccc(F)cc2F)c1C(N)=S. The van der Waals surface area contributed by atoms with Crippen LogP contribution < -0.4 is 11.1 Å². The van der Waals surface area contributed by atoms with Gasteiger partial charge in [0, 0.05) is 25.2 Å². The molecule has 0 aliphatic carbocycles. The standard InChI is InChI=1S/C13H14F2N4S/c1-7-11(12(16)20)13(19(2)18-7)17-6-8-3-4-9(14)5-10(8)15/h3-5,17H,6H2,1-2H3,(H2,16,20). The Morgan fingerprint density at radius 1 is 1.45 bits per heavy atom. The van der Waals surface area contributed by atoms with Crippen molar-refractivity contribution in [1.29, 1.82) is 0 Å². The predicted molar refractivity (Wildman–Crippen MR) is 77.5 cm³/mol. The zero-order valence-electron chi connectivity index (χ0n) is 11.1. The van der Waals surface area contributed by atoms with Crippen LogP contribution in [0.25, 0.3) is 0 Å². The Morgan fingerprint density at radius 3 is 2.75 bits per heavy atom. The van der Waals surface area contributed by atoms with Crippen molar-refractivity contribution in [2.24, 2.45) is 12.8 Å². The van der Waals surface area contributed by atoms with Crippen LogP contribution in [0.5, 0.6) is 0 Å². The van der Waals surface area contributed by atoms with E-state index in [9.17, 15) is 8.78 Å². The number of anilines is 1. The first-order chi connectivity index (χ1) is 9.40. The molecule has 0 atom stereocenters. The number of hydrogen-bond acceptors (Lipinski definition) is 3. The van der Waals surface area contributed by atoms with E-state index in [0.717, 1.165) is 6.07 Å². The summed E-state index contributed by atoms with van der Waals surface area (Å²) >= 11 is 4.98. The molecule has 0 radical (unpaired) electrons. The second kappa shape index (κ2) is 5.54. The van der Waals surface area contributed by atoms with E-state index in [1.165, 1.54) is 12.1 Å². The molecule has 2 rings (SSSR count). The molecule has 0 aliphatic heterocycles. The Labute approximate surface area is 120 Å². The molecule has 106 valence electrons. The first-order valence-electron chi connectivity index (χ1n) is 5.91. The molecule has 0 fully saturated rings. The monoisotopic (exact) mass is 296 g/mol. The van der Waals surface area contributed by atoms with Gasteiger partial charge in [-0.1, -0.05) is 18.3 Å². The van der Waals surface area contributed by atoms with Crippen LogP contribution in [0.4, 0.5) is 14.6 Å². The van der Waals surface area contributed by atoms with Crippen molar-refractivity contribution < 1.29 is 8.78 Å². The van der Waals surface area contributed by atoms with Gasteiger partial charge in [0.15, 0.2) is 0 Å². The molecule has 0 unspecified atom stereocenters. The first kappa shape index (κ1) is 14.4. The largest absolute Gasteiger partial charge is 0.389 e. The first-order valence-corrected chi connectivity index (χ1v) is 6.32. The third kappa shape index (κ3) is 2.77. The van der Waals surface area contributed by atoms with Crippen LogP contribution in [0.15, 0.2) is 18.2 Å². The van der Waals surface area contributed by atoms with Gasteiger partial charge in [0.1, 0.15) is 22.4 Å². The summed E-state index contributed by atoms with van der Waals surface area (Å²) in [5, 5.41) is 7.24. The quantitative estimate of drug-likeness (QED) is 0.850. The van der Waals surface area contributed by atoms with Crippen molar-refractivity contribution in [3.8, 4) is 0 Å². The summed E-state index contributed by atoms with van der Waals surface area (Å²) in [6, 6.07) is 3.45. The molecule has 4 nitrogen and oxygen atoms in total. The number of nitrogens with zero attached hydrogens (tertiary/aromatic N) is 2. The molecular weight excluding hydrogens is 282 g/mol. The van der Waals surface area contributed by atoms with Gasteiger partial charge in [0.25, 0.3) is 0 Å². The normalized spacial score (nSPS) is 10.6. The van der Waals surface area contributed by atoms with Crippen molar-refractivity contribution in [2.75, 3.05) is 5.32 Å². The molecule has 7 heteroatoms. The molecule has 0 bridgehead atoms. The van der Waals surface area contributed by atoms with Gasteiger partial charge in [0.05, 0.1) is 11.3 Å². The molecular formula is C13H14F2N4S. The summed E-state index contributed by atoms with van der Waals surface area (Å²) in [6.45, 7) is 1.97.